The van der Waals surface area contributed by atoms with Crippen LogP contribution in [0.15, 0.2) is 23.1 Å². The molecule has 0 radical (unpaired) electrons. The number of carboxylic acids is 1. The highest BCUT2D eigenvalue weighted by Crippen LogP contribution is 2.25. The molecular formula is C10H13NO2S. The van der Waals surface area contributed by atoms with Gasteiger partial charge in [0.1, 0.15) is 0 Å². The topological polar surface area (TPSA) is 63.3 Å². The highest BCUT2D eigenvalue weighted by molar-refractivity contribution is 7.99. The molecule has 3 nitrogen and oxygen atoms in total. The van der Waals surface area contributed by atoms with Crippen molar-refractivity contribution >= 4 is 23.4 Å². The van der Waals surface area contributed by atoms with Crippen LogP contribution in [0.3, 0.4) is 0 Å². The van der Waals surface area contributed by atoms with Crippen LogP contribution in [-0.2, 0) is 0 Å². The molecule has 0 saturated heterocycles. The zero-order valence-corrected chi connectivity index (χ0v) is 8.80. The molecule has 1 aromatic rings. The number of carbonyl (C=O) groups is 1. The number of benzene rings is 1. The van der Waals surface area contributed by atoms with Gasteiger partial charge in [0.2, 0.25) is 0 Å². The molecule has 0 unspecified atom stereocenters. The standard InChI is InChI=1S/C10H13NO2S/c1-2-5-14-9-6-7(11)3-4-8(9)10(12)13/h3-4,6H,2,5,11H2,1H3,(H,12,13). The van der Waals surface area contributed by atoms with Crippen LogP contribution in [0.2, 0.25) is 0 Å². The SMILES string of the molecule is CCCSc1cc(N)ccc1C(=O)O. The van der Waals surface area contributed by atoms with Crippen LogP contribution in [0.4, 0.5) is 5.69 Å². The third-order valence-corrected chi connectivity index (χ3v) is 2.96. The van der Waals surface area contributed by atoms with Crippen molar-refractivity contribution in [2.75, 3.05) is 11.5 Å². The van der Waals surface area contributed by atoms with E-state index < -0.39 is 5.97 Å². The Morgan fingerprint density at radius 2 is 2.29 bits per heavy atom. The van der Waals surface area contributed by atoms with E-state index in [1.165, 1.54) is 11.8 Å². The summed E-state index contributed by atoms with van der Waals surface area (Å²) in [6, 6.07) is 4.87. The van der Waals surface area contributed by atoms with E-state index in [0.717, 1.165) is 17.1 Å². The monoisotopic (exact) mass is 211 g/mol. The first kappa shape index (κ1) is 10.9. The Kier molecular flexibility index (Phi) is 3.83. The number of aromatic carboxylic acids is 1. The van der Waals surface area contributed by atoms with E-state index in [-0.39, 0.29) is 0 Å². The lowest BCUT2D eigenvalue weighted by Crippen LogP contribution is -2.00. The van der Waals surface area contributed by atoms with Gasteiger partial charge >= 0.3 is 5.97 Å². The first-order chi connectivity index (χ1) is 6.65. The van der Waals surface area contributed by atoms with Crippen molar-refractivity contribution in [3.05, 3.63) is 23.8 Å². The Balaban J connectivity index is 2.97. The molecule has 0 saturated carbocycles. The predicted molar refractivity (Wildman–Crippen MR) is 58.8 cm³/mol. The summed E-state index contributed by atoms with van der Waals surface area (Å²) in [5.74, 6) is 0.00704. The van der Waals surface area contributed by atoms with Crippen LogP contribution in [0.25, 0.3) is 0 Å². The molecule has 0 aromatic heterocycles. The van der Waals surface area contributed by atoms with E-state index in [1.54, 1.807) is 18.2 Å². The Morgan fingerprint density at radius 3 is 2.86 bits per heavy atom. The Bertz CT molecular complexity index is 339. The molecule has 76 valence electrons. The molecule has 0 aliphatic heterocycles. The van der Waals surface area contributed by atoms with Crippen LogP contribution in [0.1, 0.15) is 23.7 Å². The first-order valence-electron chi connectivity index (χ1n) is 4.40. The summed E-state index contributed by atoms with van der Waals surface area (Å²) in [5.41, 5.74) is 6.53. The maximum Gasteiger partial charge on any atom is 0.336 e. The van der Waals surface area contributed by atoms with Gasteiger partial charge in [-0.25, -0.2) is 4.79 Å². The number of hydrogen-bond acceptors (Lipinski definition) is 3. The number of carboxylic acid groups (broad SMARTS) is 1. The summed E-state index contributed by atoms with van der Waals surface area (Å²) < 4.78 is 0. The third-order valence-electron chi connectivity index (χ3n) is 1.70. The van der Waals surface area contributed by atoms with Crippen LogP contribution >= 0.6 is 11.8 Å². The first-order valence-corrected chi connectivity index (χ1v) is 5.39. The molecule has 0 aliphatic carbocycles. The van der Waals surface area contributed by atoms with Crippen LogP contribution in [0, 0.1) is 0 Å². The number of rotatable bonds is 4. The van der Waals surface area contributed by atoms with E-state index in [2.05, 4.69) is 6.92 Å². The number of nitrogens with two attached hydrogens (primary N) is 1. The van der Waals surface area contributed by atoms with E-state index in [0.29, 0.717) is 11.3 Å². The van der Waals surface area contributed by atoms with Gasteiger partial charge in [-0.15, -0.1) is 11.8 Å². The Labute approximate surface area is 87.3 Å². The lowest BCUT2D eigenvalue weighted by atomic mass is 10.2. The third kappa shape index (κ3) is 2.67. The summed E-state index contributed by atoms with van der Waals surface area (Å²) in [5, 5.41) is 8.90. The van der Waals surface area contributed by atoms with Crippen molar-refractivity contribution in [2.24, 2.45) is 0 Å². The second-order valence-corrected chi connectivity index (χ2v) is 4.05. The van der Waals surface area contributed by atoms with Gasteiger partial charge in [0.25, 0.3) is 0 Å². The quantitative estimate of drug-likeness (QED) is 0.593. The van der Waals surface area contributed by atoms with Gasteiger partial charge in [-0.05, 0) is 30.4 Å². The lowest BCUT2D eigenvalue weighted by molar-refractivity contribution is 0.0693. The zero-order valence-electron chi connectivity index (χ0n) is 7.99. The normalized spacial score (nSPS) is 10.1. The maximum atomic E-state index is 10.8. The number of anilines is 1. The summed E-state index contributed by atoms with van der Waals surface area (Å²) in [6.45, 7) is 2.06. The second kappa shape index (κ2) is 4.91. The van der Waals surface area contributed by atoms with E-state index in [9.17, 15) is 4.79 Å². The average molecular weight is 211 g/mol. The van der Waals surface area contributed by atoms with Gasteiger partial charge < -0.3 is 10.8 Å². The maximum absolute atomic E-state index is 10.8. The molecule has 0 amide bonds. The van der Waals surface area contributed by atoms with Gasteiger partial charge in [0.05, 0.1) is 5.56 Å². The molecule has 0 bridgehead atoms. The minimum Gasteiger partial charge on any atom is -0.478 e. The number of nitrogen functional groups attached to an aromatic ring is 1. The van der Waals surface area contributed by atoms with Gasteiger partial charge in [0.15, 0.2) is 0 Å². The van der Waals surface area contributed by atoms with Crippen LogP contribution < -0.4 is 5.73 Å². The fourth-order valence-corrected chi connectivity index (χ4v) is 2.00. The molecule has 4 heteroatoms. The predicted octanol–water partition coefficient (Wildman–Crippen LogP) is 2.47. The Morgan fingerprint density at radius 1 is 1.57 bits per heavy atom. The molecule has 0 atom stereocenters. The zero-order chi connectivity index (χ0) is 10.6. The highest BCUT2D eigenvalue weighted by Gasteiger charge is 2.09. The van der Waals surface area contributed by atoms with Crippen LogP contribution in [-0.4, -0.2) is 16.8 Å². The smallest absolute Gasteiger partial charge is 0.336 e. The van der Waals surface area contributed by atoms with Crippen molar-refractivity contribution in [1.82, 2.24) is 0 Å². The van der Waals surface area contributed by atoms with Crippen molar-refractivity contribution in [3.8, 4) is 0 Å². The molecule has 1 aromatic carbocycles. The molecule has 14 heavy (non-hydrogen) atoms. The highest BCUT2D eigenvalue weighted by atomic mass is 32.2. The van der Waals surface area contributed by atoms with Gasteiger partial charge in [-0.2, -0.15) is 0 Å². The summed E-state index contributed by atoms with van der Waals surface area (Å²) in [7, 11) is 0. The molecule has 1 rings (SSSR count). The fourth-order valence-electron chi connectivity index (χ4n) is 1.05. The minimum atomic E-state index is -0.899. The molecule has 0 aliphatic rings. The van der Waals surface area contributed by atoms with Crippen molar-refractivity contribution < 1.29 is 9.90 Å². The molecular weight excluding hydrogens is 198 g/mol. The number of hydrogen-bond donors (Lipinski definition) is 2. The largest absolute Gasteiger partial charge is 0.478 e. The summed E-state index contributed by atoms with van der Waals surface area (Å²) >= 11 is 1.53. The van der Waals surface area contributed by atoms with Gasteiger partial charge in [0, 0.05) is 10.6 Å². The van der Waals surface area contributed by atoms with E-state index in [1.807, 2.05) is 0 Å². The average Bonchev–Trinajstić information content (AvgIpc) is 2.14. The number of thioether (sulfide) groups is 1. The van der Waals surface area contributed by atoms with E-state index in [4.69, 9.17) is 10.8 Å². The van der Waals surface area contributed by atoms with Gasteiger partial charge in [-0.1, -0.05) is 6.92 Å². The molecule has 3 N–H and O–H groups in total. The van der Waals surface area contributed by atoms with Crippen molar-refractivity contribution in [1.29, 1.82) is 0 Å². The minimum absolute atomic E-state index is 0.331. The molecule has 0 spiro atoms. The lowest BCUT2D eigenvalue weighted by Gasteiger charge is -2.05. The Hall–Kier alpha value is -1.16. The van der Waals surface area contributed by atoms with Crippen LogP contribution in [0.5, 0.6) is 0 Å². The van der Waals surface area contributed by atoms with Crippen molar-refractivity contribution in [3.63, 3.8) is 0 Å². The fraction of sp³-hybridized carbons (Fsp3) is 0.300. The summed E-state index contributed by atoms with van der Waals surface area (Å²) in [6.07, 6.45) is 1.01. The van der Waals surface area contributed by atoms with E-state index >= 15 is 0 Å². The molecule has 0 fully saturated rings. The summed E-state index contributed by atoms with van der Waals surface area (Å²) in [4.78, 5) is 11.6. The molecule has 0 heterocycles. The van der Waals surface area contributed by atoms with Crippen molar-refractivity contribution in [2.45, 2.75) is 18.2 Å². The van der Waals surface area contributed by atoms with Gasteiger partial charge in [-0.3, -0.25) is 0 Å². The second-order valence-electron chi connectivity index (χ2n) is 2.91.